The molecule has 0 radical (unpaired) electrons. The van der Waals surface area contributed by atoms with E-state index in [0.29, 0.717) is 18.2 Å². The molecule has 1 heterocycles. The van der Waals surface area contributed by atoms with Crippen molar-refractivity contribution in [3.05, 3.63) is 53.5 Å². The van der Waals surface area contributed by atoms with Gasteiger partial charge in [0.2, 0.25) is 0 Å². The van der Waals surface area contributed by atoms with E-state index in [2.05, 4.69) is 15.3 Å². The second kappa shape index (κ2) is 5.26. The van der Waals surface area contributed by atoms with Gasteiger partial charge in [0.25, 0.3) is 0 Å². The van der Waals surface area contributed by atoms with Gasteiger partial charge in [0, 0.05) is 12.7 Å². The van der Waals surface area contributed by atoms with Crippen molar-refractivity contribution in [3.63, 3.8) is 0 Å². The minimum Gasteiger partial charge on any atom is -0.366 e. The Hall–Kier alpha value is -2.11. The van der Waals surface area contributed by atoms with Gasteiger partial charge in [-0.15, -0.1) is 0 Å². The van der Waals surface area contributed by atoms with Crippen molar-refractivity contribution in [2.75, 3.05) is 5.32 Å². The topological polar surface area (TPSA) is 37.8 Å². The van der Waals surface area contributed by atoms with Gasteiger partial charge in [-0.05, 0) is 30.7 Å². The zero-order chi connectivity index (χ0) is 13.9. The molecule has 0 fully saturated rings. The summed E-state index contributed by atoms with van der Waals surface area (Å²) in [5, 5.41) is 3.03. The molecular formula is C13H12F3N3. The first-order chi connectivity index (χ1) is 8.95. The number of hydrogen-bond donors (Lipinski definition) is 1. The Morgan fingerprint density at radius 3 is 2.37 bits per heavy atom. The Balaban J connectivity index is 2.01. The molecule has 0 aliphatic carbocycles. The molecule has 2 rings (SSSR count). The van der Waals surface area contributed by atoms with E-state index >= 15 is 0 Å². The van der Waals surface area contributed by atoms with Crippen LogP contribution in [-0.4, -0.2) is 9.97 Å². The predicted molar refractivity (Wildman–Crippen MR) is 65.5 cm³/mol. The third-order valence-electron chi connectivity index (χ3n) is 2.53. The first-order valence-corrected chi connectivity index (χ1v) is 5.65. The van der Waals surface area contributed by atoms with Crippen LogP contribution in [0.15, 0.2) is 36.5 Å². The van der Waals surface area contributed by atoms with Crippen LogP contribution < -0.4 is 5.32 Å². The summed E-state index contributed by atoms with van der Waals surface area (Å²) in [4.78, 5) is 8.10. The lowest BCUT2D eigenvalue weighted by atomic mass is 10.1. The molecule has 1 aromatic heterocycles. The van der Waals surface area contributed by atoms with Crippen molar-refractivity contribution in [2.24, 2.45) is 0 Å². The van der Waals surface area contributed by atoms with E-state index < -0.39 is 11.7 Å². The normalized spacial score (nSPS) is 11.4. The fraction of sp³-hybridized carbons (Fsp3) is 0.231. The number of aromatic nitrogens is 2. The molecule has 0 unspecified atom stereocenters. The minimum atomic E-state index is -4.30. The van der Waals surface area contributed by atoms with Gasteiger partial charge in [0.05, 0.1) is 5.56 Å². The summed E-state index contributed by atoms with van der Waals surface area (Å²) in [6.45, 7) is 2.18. The molecular weight excluding hydrogens is 255 g/mol. The second-order valence-electron chi connectivity index (χ2n) is 4.04. The lowest BCUT2D eigenvalue weighted by Crippen LogP contribution is -2.06. The zero-order valence-electron chi connectivity index (χ0n) is 10.2. The highest BCUT2D eigenvalue weighted by atomic mass is 19.4. The number of nitrogens with zero attached hydrogens (tertiary/aromatic N) is 2. The van der Waals surface area contributed by atoms with Gasteiger partial charge in [-0.25, -0.2) is 9.97 Å². The smallest absolute Gasteiger partial charge is 0.366 e. The van der Waals surface area contributed by atoms with Crippen molar-refractivity contribution in [2.45, 2.75) is 19.6 Å². The van der Waals surface area contributed by atoms with Gasteiger partial charge in [-0.1, -0.05) is 12.1 Å². The molecule has 0 aliphatic rings. The Kier molecular flexibility index (Phi) is 3.69. The number of nitrogens with one attached hydrogen (secondary N) is 1. The van der Waals surface area contributed by atoms with Crippen LogP contribution in [0.5, 0.6) is 0 Å². The van der Waals surface area contributed by atoms with E-state index in [1.165, 1.54) is 12.1 Å². The Morgan fingerprint density at radius 2 is 1.79 bits per heavy atom. The first kappa shape index (κ1) is 13.3. The molecule has 1 aromatic carbocycles. The molecule has 0 aliphatic heterocycles. The summed E-state index contributed by atoms with van der Waals surface area (Å²) in [6, 6.07) is 6.75. The SMILES string of the molecule is Cc1nccc(NCc2ccc(C(F)(F)F)cc2)n1. The molecule has 0 atom stereocenters. The van der Waals surface area contributed by atoms with Gasteiger partial charge in [-0.3, -0.25) is 0 Å². The van der Waals surface area contributed by atoms with Crippen molar-refractivity contribution in [1.29, 1.82) is 0 Å². The predicted octanol–water partition coefficient (Wildman–Crippen LogP) is 3.42. The van der Waals surface area contributed by atoms with Crippen molar-refractivity contribution >= 4 is 5.82 Å². The van der Waals surface area contributed by atoms with Crippen LogP contribution >= 0.6 is 0 Å². The summed E-state index contributed by atoms with van der Waals surface area (Å²) in [6.07, 6.45) is -2.67. The minimum absolute atomic E-state index is 0.411. The van der Waals surface area contributed by atoms with Gasteiger partial charge in [-0.2, -0.15) is 13.2 Å². The van der Waals surface area contributed by atoms with Crippen molar-refractivity contribution in [3.8, 4) is 0 Å². The van der Waals surface area contributed by atoms with Crippen LogP contribution in [0.1, 0.15) is 17.0 Å². The number of rotatable bonds is 3. The number of hydrogen-bond acceptors (Lipinski definition) is 3. The molecule has 3 nitrogen and oxygen atoms in total. The van der Waals surface area contributed by atoms with Gasteiger partial charge < -0.3 is 5.32 Å². The van der Waals surface area contributed by atoms with E-state index in [9.17, 15) is 13.2 Å². The van der Waals surface area contributed by atoms with E-state index in [-0.39, 0.29) is 0 Å². The highest BCUT2D eigenvalue weighted by molar-refractivity contribution is 5.35. The Morgan fingerprint density at radius 1 is 1.11 bits per heavy atom. The molecule has 2 aromatic rings. The standard InChI is InChI=1S/C13H12F3N3/c1-9-17-7-6-12(19-9)18-8-10-2-4-11(5-3-10)13(14,15)16/h2-7H,8H2,1H3,(H,17,18,19). The Bertz CT molecular complexity index is 550. The average molecular weight is 267 g/mol. The Labute approximate surface area is 108 Å². The molecule has 0 amide bonds. The summed E-state index contributed by atoms with van der Waals surface area (Å²) < 4.78 is 37.1. The second-order valence-corrected chi connectivity index (χ2v) is 4.04. The van der Waals surface area contributed by atoms with Crippen LogP contribution in [0.2, 0.25) is 0 Å². The zero-order valence-corrected chi connectivity index (χ0v) is 10.2. The highest BCUT2D eigenvalue weighted by Gasteiger charge is 2.29. The summed E-state index contributed by atoms with van der Waals surface area (Å²) in [7, 11) is 0. The largest absolute Gasteiger partial charge is 0.416 e. The number of halogens is 3. The van der Waals surface area contributed by atoms with E-state index in [4.69, 9.17) is 0 Å². The number of anilines is 1. The maximum Gasteiger partial charge on any atom is 0.416 e. The number of alkyl halides is 3. The lowest BCUT2D eigenvalue weighted by Gasteiger charge is -2.09. The summed E-state index contributed by atoms with van der Waals surface area (Å²) >= 11 is 0. The first-order valence-electron chi connectivity index (χ1n) is 5.65. The van der Waals surface area contributed by atoms with Crippen LogP contribution in [0, 0.1) is 6.92 Å². The van der Waals surface area contributed by atoms with Crippen molar-refractivity contribution in [1.82, 2.24) is 9.97 Å². The molecule has 0 spiro atoms. The van der Waals surface area contributed by atoms with Gasteiger partial charge >= 0.3 is 6.18 Å². The van der Waals surface area contributed by atoms with Gasteiger partial charge in [0.1, 0.15) is 11.6 Å². The third kappa shape index (κ3) is 3.67. The molecule has 0 bridgehead atoms. The van der Waals surface area contributed by atoms with E-state index in [1.54, 1.807) is 19.2 Å². The summed E-state index contributed by atoms with van der Waals surface area (Å²) in [5.74, 6) is 1.28. The molecule has 19 heavy (non-hydrogen) atoms. The third-order valence-corrected chi connectivity index (χ3v) is 2.53. The monoisotopic (exact) mass is 267 g/mol. The van der Waals surface area contributed by atoms with Crippen LogP contribution in [-0.2, 0) is 12.7 Å². The fourth-order valence-corrected chi connectivity index (χ4v) is 1.56. The van der Waals surface area contributed by atoms with Gasteiger partial charge in [0.15, 0.2) is 0 Å². The molecule has 0 saturated carbocycles. The van der Waals surface area contributed by atoms with Crippen LogP contribution in [0.25, 0.3) is 0 Å². The average Bonchev–Trinajstić information content (AvgIpc) is 2.36. The molecule has 6 heteroatoms. The maximum atomic E-state index is 12.4. The maximum absolute atomic E-state index is 12.4. The molecule has 1 N–H and O–H groups in total. The number of aryl methyl sites for hydroxylation is 1. The van der Waals surface area contributed by atoms with Crippen LogP contribution in [0.3, 0.4) is 0 Å². The number of benzene rings is 1. The fourth-order valence-electron chi connectivity index (χ4n) is 1.56. The van der Waals surface area contributed by atoms with E-state index in [1.807, 2.05) is 0 Å². The van der Waals surface area contributed by atoms with E-state index in [0.717, 1.165) is 17.7 Å². The lowest BCUT2D eigenvalue weighted by molar-refractivity contribution is -0.137. The highest BCUT2D eigenvalue weighted by Crippen LogP contribution is 2.29. The molecule has 0 saturated heterocycles. The quantitative estimate of drug-likeness (QED) is 0.926. The van der Waals surface area contributed by atoms with Crippen molar-refractivity contribution < 1.29 is 13.2 Å². The van der Waals surface area contributed by atoms with Crippen LogP contribution in [0.4, 0.5) is 19.0 Å². The summed E-state index contributed by atoms with van der Waals surface area (Å²) in [5.41, 5.74) is 0.110. The molecule has 100 valence electrons.